The van der Waals surface area contributed by atoms with Gasteiger partial charge in [-0.05, 0) is 26.2 Å². The Morgan fingerprint density at radius 3 is 2.90 bits per heavy atom. The van der Waals surface area contributed by atoms with Crippen LogP contribution in [0.5, 0.6) is 0 Å². The van der Waals surface area contributed by atoms with E-state index in [-0.39, 0.29) is 11.8 Å². The molecule has 110 valence electrons. The highest BCUT2D eigenvalue weighted by Gasteiger charge is 2.79. The number of alkyl halides is 1. The first-order valence-corrected chi connectivity index (χ1v) is 7.47. The molecule has 2 saturated heterocycles. The fourth-order valence-electron chi connectivity index (χ4n) is 3.81. The molecule has 0 spiro atoms. The fourth-order valence-corrected chi connectivity index (χ4v) is 4.02. The summed E-state index contributed by atoms with van der Waals surface area (Å²) < 4.78 is 5.31. The van der Waals surface area contributed by atoms with Crippen molar-refractivity contribution < 1.29 is 19.4 Å². The van der Waals surface area contributed by atoms with Gasteiger partial charge in [0, 0.05) is 11.8 Å². The second-order valence-electron chi connectivity index (χ2n) is 5.94. The van der Waals surface area contributed by atoms with E-state index < -0.39 is 29.1 Å². The van der Waals surface area contributed by atoms with Gasteiger partial charge in [0.25, 0.3) is 0 Å². The molecule has 5 nitrogen and oxygen atoms in total. The highest BCUT2D eigenvalue weighted by Crippen LogP contribution is 2.53. The second kappa shape index (κ2) is 4.46. The van der Waals surface area contributed by atoms with Crippen LogP contribution in [0.25, 0.3) is 0 Å². The van der Waals surface area contributed by atoms with Crippen molar-refractivity contribution in [1.29, 1.82) is 0 Å². The summed E-state index contributed by atoms with van der Waals surface area (Å²) in [6.45, 7) is 1.71. The molecule has 2 N–H and O–H groups in total. The van der Waals surface area contributed by atoms with Crippen LogP contribution in [0.15, 0.2) is 12.2 Å². The molecule has 2 aliphatic heterocycles. The minimum Gasteiger partial charge on any atom is -0.453 e. The number of fused-ring (bicyclic) bond motifs is 1. The first kappa shape index (κ1) is 13.9. The van der Waals surface area contributed by atoms with Crippen LogP contribution in [0.2, 0.25) is 0 Å². The molecule has 0 unspecified atom stereocenters. The van der Waals surface area contributed by atoms with E-state index in [0.717, 1.165) is 12.8 Å². The number of hydrogen-bond donors (Lipinski definition) is 2. The van der Waals surface area contributed by atoms with Gasteiger partial charge >= 0.3 is 5.97 Å². The van der Waals surface area contributed by atoms with E-state index in [1.54, 1.807) is 6.92 Å². The van der Waals surface area contributed by atoms with Crippen molar-refractivity contribution >= 4 is 23.5 Å². The number of esters is 1. The van der Waals surface area contributed by atoms with E-state index in [9.17, 15) is 14.7 Å². The second-order valence-corrected chi connectivity index (χ2v) is 6.32. The number of allylic oxidation sites excluding steroid dienone is 1. The number of carbonyl (C=O) groups excluding carboxylic acids is 2. The zero-order valence-corrected chi connectivity index (χ0v) is 12.0. The van der Waals surface area contributed by atoms with Crippen molar-refractivity contribution in [1.82, 2.24) is 5.32 Å². The average Bonchev–Trinajstić information content (AvgIpc) is 2.98. The zero-order valence-electron chi connectivity index (χ0n) is 11.3. The number of halogens is 1. The molecule has 20 heavy (non-hydrogen) atoms. The Morgan fingerprint density at radius 2 is 2.35 bits per heavy atom. The summed E-state index contributed by atoms with van der Waals surface area (Å²) in [7, 11) is 0. The van der Waals surface area contributed by atoms with Crippen LogP contribution in [0.4, 0.5) is 0 Å². The summed E-state index contributed by atoms with van der Waals surface area (Å²) in [6, 6.07) is 0. The summed E-state index contributed by atoms with van der Waals surface area (Å²) in [5.41, 5.74) is -2.33. The Kier molecular flexibility index (Phi) is 3.10. The molecular formula is C14H18ClNO4. The van der Waals surface area contributed by atoms with Gasteiger partial charge in [-0.2, -0.15) is 0 Å². The molecule has 3 aliphatic rings. The molecule has 1 amide bonds. The van der Waals surface area contributed by atoms with E-state index in [1.165, 1.54) is 0 Å². The highest BCUT2D eigenvalue weighted by atomic mass is 35.5. The Hall–Kier alpha value is -1.07. The number of amides is 1. The maximum absolute atomic E-state index is 12.2. The quantitative estimate of drug-likeness (QED) is 0.456. The Labute approximate surface area is 122 Å². The number of nitrogens with one attached hydrogen (secondary N) is 1. The molecule has 3 rings (SSSR count). The Bertz CT molecular complexity index is 494. The van der Waals surface area contributed by atoms with E-state index in [0.29, 0.717) is 12.3 Å². The van der Waals surface area contributed by atoms with Gasteiger partial charge in [0.1, 0.15) is 0 Å². The maximum Gasteiger partial charge on any atom is 0.339 e. The van der Waals surface area contributed by atoms with Gasteiger partial charge in [-0.25, -0.2) is 4.79 Å². The first-order chi connectivity index (χ1) is 9.47. The lowest BCUT2D eigenvalue weighted by molar-refractivity contribution is -0.237. The maximum atomic E-state index is 12.2. The summed E-state index contributed by atoms with van der Waals surface area (Å²) in [5.74, 6) is -1.13. The first-order valence-electron chi connectivity index (χ1n) is 6.93. The van der Waals surface area contributed by atoms with Crippen molar-refractivity contribution in [3.05, 3.63) is 12.2 Å². The molecule has 0 bridgehead atoms. The lowest BCUT2D eigenvalue weighted by Gasteiger charge is -2.54. The monoisotopic (exact) mass is 299 g/mol. The third-order valence-electron chi connectivity index (χ3n) is 5.01. The smallest absolute Gasteiger partial charge is 0.339 e. The van der Waals surface area contributed by atoms with Gasteiger partial charge in [-0.1, -0.05) is 12.2 Å². The number of carbonyl (C=O) groups is 2. The zero-order chi connectivity index (χ0) is 14.5. The van der Waals surface area contributed by atoms with Gasteiger partial charge in [-0.15, -0.1) is 11.6 Å². The van der Waals surface area contributed by atoms with E-state index in [2.05, 4.69) is 5.32 Å². The molecule has 0 radical (unpaired) electrons. The third-order valence-corrected chi connectivity index (χ3v) is 5.23. The van der Waals surface area contributed by atoms with Crippen molar-refractivity contribution in [2.75, 3.05) is 5.88 Å². The lowest BCUT2D eigenvalue weighted by atomic mass is 9.65. The summed E-state index contributed by atoms with van der Waals surface area (Å²) in [5, 5.41) is 13.4. The van der Waals surface area contributed by atoms with Gasteiger partial charge in [-0.3, -0.25) is 4.79 Å². The molecule has 6 heteroatoms. The SMILES string of the molecule is C[C@@]12OC(=O)[C@]1([C@@H](O)[C@H]1C=CCC1)NC(=O)[C@@H]2CCCl. The van der Waals surface area contributed by atoms with Crippen LogP contribution in [0.1, 0.15) is 26.2 Å². The van der Waals surface area contributed by atoms with E-state index in [1.807, 2.05) is 12.2 Å². The third kappa shape index (κ3) is 1.48. The fraction of sp³-hybridized carbons (Fsp3) is 0.714. The molecule has 2 fully saturated rings. The summed E-state index contributed by atoms with van der Waals surface area (Å²) in [6.07, 6.45) is 5.01. The van der Waals surface area contributed by atoms with Crippen molar-refractivity contribution in [2.45, 2.75) is 43.4 Å². The standard InChI is InChI=1S/C14H18ClNO4/c1-13-9(6-7-15)11(18)16-14(13,12(19)20-13)10(17)8-4-2-3-5-8/h2,4,8-10,17H,3,5-7H2,1H3,(H,16,18)/t8-,9-,10-,13-,14-/m0/s1. The minimum absolute atomic E-state index is 0.128. The Balaban J connectivity index is 1.95. The molecule has 1 aliphatic carbocycles. The van der Waals surface area contributed by atoms with Gasteiger partial charge in [0.15, 0.2) is 5.60 Å². The van der Waals surface area contributed by atoms with E-state index in [4.69, 9.17) is 16.3 Å². The van der Waals surface area contributed by atoms with Crippen LogP contribution < -0.4 is 5.32 Å². The summed E-state index contributed by atoms with van der Waals surface area (Å²) in [4.78, 5) is 24.2. The molecule has 0 aromatic rings. The van der Waals surface area contributed by atoms with Crippen LogP contribution in [-0.2, 0) is 14.3 Å². The van der Waals surface area contributed by atoms with Crippen LogP contribution >= 0.6 is 11.6 Å². The number of ether oxygens (including phenoxy) is 1. The molecule has 0 saturated carbocycles. The highest BCUT2D eigenvalue weighted by molar-refractivity contribution is 6.18. The van der Waals surface area contributed by atoms with Crippen molar-refractivity contribution in [3.63, 3.8) is 0 Å². The largest absolute Gasteiger partial charge is 0.453 e. The summed E-state index contributed by atoms with van der Waals surface area (Å²) >= 11 is 5.74. The minimum atomic E-state index is -1.32. The number of aliphatic hydroxyl groups is 1. The molecule has 5 atom stereocenters. The van der Waals surface area contributed by atoms with Crippen molar-refractivity contribution in [3.8, 4) is 0 Å². The predicted octanol–water partition coefficient (Wildman–Crippen LogP) is 0.743. The van der Waals surface area contributed by atoms with Gasteiger partial charge in [0.2, 0.25) is 11.4 Å². The van der Waals surface area contributed by atoms with Crippen molar-refractivity contribution in [2.24, 2.45) is 11.8 Å². The molecule has 0 aromatic carbocycles. The lowest BCUT2D eigenvalue weighted by Crippen LogP contribution is -2.80. The van der Waals surface area contributed by atoms with Gasteiger partial charge < -0.3 is 15.2 Å². The Morgan fingerprint density at radius 1 is 1.60 bits per heavy atom. The van der Waals surface area contributed by atoms with Crippen LogP contribution in [0, 0.1) is 11.8 Å². The van der Waals surface area contributed by atoms with Crippen LogP contribution in [-0.4, -0.2) is 40.1 Å². The normalized spacial score (nSPS) is 43.8. The number of rotatable bonds is 4. The van der Waals surface area contributed by atoms with Gasteiger partial charge in [0.05, 0.1) is 12.0 Å². The number of hydrogen-bond acceptors (Lipinski definition) is 4. The topological polar surface area (TPSA) is 75.6 Å². The molecular weight excluding hydrogens is 282 g/mol. The molecule has 2 heterocycles. The van der Waals surface area contributed by atoms with Crippen LogP contribution in [0.3, 0.4) is 0 Å². The number of aliphatic hydroxyl groups excluding tert-OH is 1. The average molecular weight is 300 g/mol. The predicted molar refractivity (Wildman–Crippen MR) is 72.1 cm³/mol. The molecule has 0 aromatic heterocycles. The van der Waals surface area contributed by atoms with E-state index >= 15 is 0 Å².